The molecule has 0 saturated carbocycles. The Balaban J connectivity index is 1.21. The first-order chi connectivity index (χ1) is 16.5. The molecule has 0 unspecified atom stereocenters. The van der Waals surface area contributed by atoms with Gasteiger partial charge in [0.05, 0.1) is 5.69 Å². The Bertz CT molecular complexity index is 1110. The predicted molar refractivity (Wildman–Crippen MR) is 133 cm³/mol. The lowest BCUT2D eigenvalue weighted by atomic mass is 9.93. The number of aromatic nitrogens is 1. The molecule has 1 saturated heterocycles. The Morgan fingerprint density at radius 1 is 1.09 bits per heavy atom. The molecule has 0 aliphatic carbocycles. The third-order valence-corrected chi connectivity index (χ3v) is 7.46. The zero-order valence-corrected chi connectivity index (χ0v) is 20.2. The molecule has 34 heavy (non-hydrogen) atoms. The lowest BCUT2D eigenvalue weighted by Crippen LogP contribution is -2.39. The van der Waals surface area contributed by atoms with Crippen LogP contribution in [0.15, 0.2) is 54.6 Å². The van der Waals surface area contributed by atoms with E-state index in [2.05, 4.69) is 22.4 Å². The molecule has 1 fully saturated rings. The van der Waals surface area contributed by atoms with Crippen molar-refractivity contribution in [2.24, 2.45) is 5.92 Å². The number of hydrogen-bond donors (Lipinski definition) is 1. The van der Waals surface area contributed by atoms with Crippen LogP contribution in [0.2, 0.25) is 0 Å². The van der Waals surface area contributed by atoms with E-state index >= 15 is 0 Å². The molecule has 1 aliphatic heterocycles. The van der Waals surface area contributed by atoms with Crippen LogP contribution in [0.3, 0.4) is 0 Å². The van der Waals surface area contributed by atoms with Gasteiger partial charge < -0.3 is 10.2 Å². The molecule has 178 valence electrons. The van der Waals surface area contributed by atoms with Crippen LogP contribution in [0.5, 0.6) is 0 Å². The van der Waals surface area contributed by atoms with Gasteiger partial charge in [0.2, 0.25) is 5.91 Å². The molecule has 3 aromatic rings. The van der Waals surface area contributed by atoms with Gasteiger partial charge in [0.25, 0.3) is 5.91 Å². The maximum atomic E-state index is 13.2. The summed E-state index contributed by atoms with van der Waals surface area (Å²) in [6.07, 6.45) is 4.05. The molecule has 0 atom stereocenters. The van der Waals surface area contributed by atoms with Crippen LogP contribution in [0.25, 0.3) is 10.6 Å². The molecule has 1 aromatic heterocycles. The van der Waals surface area contributed by atoms with Crippen molar-refractivity contribution in [3.63, 3.8) is 0 Å². The number of halogens is 1. The molecular formula is C27H30FN3O2S. The van der Waals surface area contributed by atoms with Crippen molar-refractivity contribution < 1.29 is 14.0 Å². The molecule has 7 heteroatoms. The van der Waals surface area contributed by atoms with Gasteiger partial charge in [-0.3, -0.25) is 9.59 Å². The quantitative estimate of drug-likeness (QED) is 0.449. The number of carbonyl (C=O) groups excluding carboxylic acids is 2. The number of nitrogens with zero attached hydrogens (tertiary/aromatic N) is 2. The summed E-state index contributed by atoms with van der Waals surface area (Å²) < 4.78 is 13.2. The fourth-order valence-corrected chi connectivity index (χ4v) is 5.33. The zero-order chi connectivity index (χ0) is 23.9. The molecule has 4 rings (SSSR count). The van der Waals surface area contributed by atoms with E-state index in [0.717, 1.165) is 36.3 Å². The van der Waals surface area contributed by atoms with Gasteiger partial charge in [-0.25, -0.2) is 9.37 Å². The second-order valence-corrected chi connectivity index (χ2v) is 9.82. The minimum absolute atomic E-state index is 0.00725. The van der Waals surface area contributed by atoms with Gasteiger partial charge in [0.15, 0.2) is 0 Å². The van der Waals surface area contributed by atoms with Crippen LogP contribution in [0.4, 0.5) is 4.39 Å². The number of aryl methyl sites for hydroxylation is 2. The summed E-state index contributed by atoms with van der Waals surface area (Å²) in [6.45, 7) is 3.82. The van der Waals surface area contributed by atoms with Gasteiger partial charge >= 0.3 is 0 Å². The van der Waals surface area contributed by atoms with Crippen LogP contribution >= 0.6 is 11.3 Å². The Labute approximate surface area is 204 Å². The van der Waals surface area contributed by atoms with E-state index in [1.807, 2.05) is 30.0 Å². The highest BCUT2D eigenvalue weighted by atomic mass is 32.1. The number of piperidine rings is 1. The Morgan fingerprint density at radius 3 is 2.50 bits per heavy atom. The monoisotopic (exact) mass is 479 g/mol. The lowest BCUT2D eigenvalue weighted by molar-refractivity contribution is -0.122. The van der Waals surface area contributed by atoms with Crippen LogP contribution in [0, 0.1) is 18.7 Å². The summed E-state index contributed by atoms with van der Waals surface area (Å²) in [5, 5.41) is 3.76. The van der Waals surface area contributed by atoms with Crippen molar-refractivity contribution in [2.75, 3.05) is 19.6 Å². The molecular weight excluding hydrogens is 449 g/mol. The number of likely N-dealkylation sites (tertiary alicyclic amines) is 1. The Kier molecular flexibility index (Phi) is 8.06. The molecule has 0 bridgehead atoms. The molecule has 5 nitrogen and oxygen atoms in total. The van der Waals surface area contributed by atoms with Crippen molar-refractivity contribution >= 4 is 23.2 Å². The van der Waals surface area contributed by atoms with Crippen molar-refractivity contribution in [2.45, 2.75) is 39.0 Å². The topological polar surface area (TPSA) is 62.3 Å². The summed E-state index contributed by atoms with van der Waals surface area (Å²) in [5.41, 5.74) is 2.79. The molecule has 2 aromatic carbocycles. The number of rotatable bonds is 8. The number of thiazole rings is 1. The van der Waals surface area contributed by atoms with Crippen LogP contribution < -0.4 is 5.32 Å². The van der Waals surface area contributed by atoms with Crippen LogP contribution in [0.1, 0.15) is 46.6 Å². The van der Waals surface area contributed by atoms with E-state index in [1.54, 1.807) is 12.1 Å². The molecule has 1 N–H and O–H groups in total. The minimum atomic E-state index is -0.294. The molecule has 1 aliphatic rings. The van der Waals surface area contributed by atoms with Crippen molar-refractivity contribution in [3.8, 4) is 10.6 Å². The molecule has 2 heterocycles. The largest absolute Gasteiger partial charge is 0.356 e. The fraction of sp³-hybridized carbons (Fsp3) is 0.370. The van der Waals surface area contributed by atoms with Crippen molar-refractivity contribution in [1.29, 1.82) is 0 Å². The maximum Gasteiger partial charge on any atom is 0.265 e. The van der Waals surface area contributed by atoms with Crippen LogP contribution in [-0.2, 0) is 11.2 Å². The summed E-state index contributed by atoms with van der Waals surface area (Å²) >= 11 is 1.35. The number of benzene rings is 2. The first-order valence-electron chi connectivity index (χ1n) is 11.8. The van der Waals surface area contributed by atoms with Gasteiger partial charge in [0, 0.05) is 31.6 Å². The SMILES string of the molecule is Cc1nc(-c2ccc(F)cc2)sc1C(=O)N1CCC(CC(=O)NCCCc2ccccc2)CC1. The van der Waals surface area contributed by atoms with Gasteiger partial charge in [-0.05, 0) is 68.4 Å². The number of amides is 2. The average Bonchev–Trinajstić information content (AvgIpc) is 3.24. The van der Waals surface area contributed by atoms with Crippen molar-refractivity contribution in [3.05, 3.63) is 76.5 Å². The summed E-state index contributed by atoms with van der Waals surface area (Å²) in [6, 6.07) is 16.4. The van der Waals surface area contributed by atoms with Gasteiger partial charge in [0.1, 0.15) is 15.7 Å². The maximum absolute atomic E-state index is 13.2. The lowest BCUT2D eigenvalue weighted by Gasteiger charge is -2.31. The number of carbonyl (C=O) groups is 2. The second-order valence-electron chi connectivity index (χ2n) is 8.82. The molecule has 0 radical (unpaired) electrons. The molecule has 2 amide bonds. The van der Waals surface area contributed by atoms with E-state index in [1.165, 1.54) is 29.0 Å². The molecule has 0 spiro atoms. The highest BCUT2D eigenvalue weighted by molar-refractivity contribution is 7.17. The van der Waals surface area contributed by atoms with Crippen molar-refractivity contribution in [1.82, 2.24) is 15.2 Å². The van der Waals surface area contributed by atoms with Gasteiger partial charge in [-0.1, -0.05) is 30.3 Å². The zero-order valence-electron chi connectivity index (χ0n) is 19.4. The minimum Gasteiger partial charge on any atom is -0.356 e. The Morgan fingerprint density at radius 2 is 1.79 bits per heavy atom. The van der Waals surface area contributed by atoms with E-state index in [0.29, 0.717) is 42.5 Å². The Hall–Kier alpha value is -3.06. The van der Waals surface area contributed by atoms with E-state index in [4.69, 9.17) is 0 Å². The summed E-state index contributed by atoms with van der Waals surface area (Å²) in [5.74, 6) is 0.0971. The number of nitrogens with one attached hydrogen (secondary N) is 1. The van der Waals surface area contributed by atoms with E-state index in [-0.39, 0.29) is 17.6 Å². The normalized spacial score (nSPS) is 14.2. The third-order valence-electron chi connectivity index (χ3n) is 6.27. The fourth-order valence-electron chi connectivity index (χ4n) is 4.29. The smallest absolute Gasteiger partial charge is 0.265 e. The van der Waals surface area contributed by atoms with E-state index in [9.17, 15) is 14.0 Å². The van der Waals surface area contributed by atoms with Crippen LogP contribution in [-0.4, -0.2) is 41.3 Å². The first kappa shape index (κ1) is 24.1. The predicted octanol–water partition coefficient (Wildman–Crippen LogP) is 5.25. The highest BCUT2D eigenvalue weighted by Crippen LogP contribution is 2.30. The highest BCUT2D eigenvalue weighted by Gasteiger charge is 2.27. The summed E-state index contributed by atoms with van der Waals surface area (Å²) in [4.78, 5) is 32.5. The third kappa shape index (κ3) is 6.29. The van der Waals surface area contributed by atoms with Gasteiger partial charge in [-0.15, -0.1) is 11.3 Å². The average molecular weight is 480 g/mol. The number of hydrogen-bond acceptors (Lipinski definition) is 4. The van der Waals surface area contributed by atoms with E-state index < -0.39 is 0 Å². The second kappa shape index (κ2) is 11.4. The summed E-state index contributed by atoms with van der Waals surface area (Å²) in [7, 11) is 0. The first-order valence-corrected chi connectivity index (χ1v) is 12.6. The standard InChI is InChI=1S/C27H30FN3O2S/c1-19-25(34-26(30-19)22-9-11-23(28)12-10-22)27(33)31-16-13-21(14-17-31)18-24(32)29-15-5-8-20-6-3-2-4-7-20/h2-4,6-7,9-12,21H,5,8,13-18H2,1H3,(H,29,32). The van der Waals surface area contributed by atoms with Gasteiger partial charge in [-0.2, -0.15) is 0 Å².